The predicted molar refractivity (Wildman–Crippen MR) is 142 cm³/mol. The van der Waals surface area contributed by atoms with Gasteiger partial charge >= 0.3 is 23.9 Å². The van der Waals surface area contributed by atoms with E-state index in [1.807, 2.05) is 60.9 Å². The molecule has 0 unspecified atom stereocenters. The van der Waals surface area contributed by atoms with Crippen molar-refractivity contribution in [2.24, 2.45) is 0 Å². The van der Waals surface area contributed by atoms with Gasteiger partial charge in [0.1, 0.15) is 6.61 Å². The van der Waals surface area contributed by atoms with Crippen LogP contribution in [-0.2, 0) is 38.1 Å². The minimum absolute atomic E-state index is 0.418. The molecular weight excluding hydrogens is 504 g/mol. The summed E-state index contributed by atoms with van der Waals surface area (Å²) in [4.78, 5) is 55.2. The molecule has 4 aromatic rings. The highest BCUT2D eigenvalue weighted by molar-refractivity contribution is 5.88. The molecule has 0 aliphatic heterocycles. The monoisotopic (exact) mass is 534 g/mol. The molecule has 0 amide bonds. The first-order chi connectivity index (χ1) is 18.7. The number of ether oxygens (including phenoxy) is 4. The van der Waals surface area contributed by atoms with Gasteiger partial charge in [0.2, 0.25) is 0 Å². The Labute approximate surface area is 224 Å². The van der Waals surface area contributed by atoms with Crippen LogP contribution in [0.2, 0.25) is 0 Å². The molecule has 0 radical (unpaired) electrons. The zero-order valence-corrected chi connectivity index (χ0v) is 22.1. The number of carbonyl (C=O) groups excluding carboxylic acids is 4. The number of fused-ring (bicyclic) bond motifs is 2. The molecule has 3 atom stereocenters. The molecule has 0 saturated heterocycles. The average molecular weight is 535 g/mol. The van der Waals surface area contributed by atoms with Crippen molar-refractivity contribution in [3.63, 3.8) is 0 Å². The number of hydrogen-bond acceptors (Lipinski definition) is 8. The Morgan fingerprint density at radius 3 is 1.56 bits per heavy atom. The van der Waals surface area contributed by atoms with Gasteiger partial charge in [0.15, 0.2) is 18.3 Å². The van der Waals surface area contributed by atoms with Crippen LogP contribution in [0.15, 0.2) is 60.9 Å². The first-order valence-electron chi connectivity index (χ1n) is 12.4. The van der Waals surface area contributed by atoms with Gasteiger partial charge in [-0.2, -0.15) is 0 Å². The molecule has 4 rings (SSSR count). The summed E-state index contributed by atoms with van der Waals surface area (Å²) in [5.74, 6) is -3.37. The lowest BCUT2D eigenvalue weighted by Gasteiger charge is -2.36. The number of nitrogens with one attached hydrogen (secondary N) is 2. The van der Waals surface area contributed by atoms with Gasteiger partial charge in [0, 0.05) is 61.9 Å². The highest BCUT2D eigenvalue weighted by Gasteiger charge is 2.44. The fourth-order valence-electron chi connectivity index (χ4n) is 4.90. The second-order valence-electron chi connectivity index (χ2n) is 9.16. The fourth-order valence-corrected chi connectivity index (χ4v) is 4.90. The number of esters is 4. The molecule has 204 valence electrons. The lowest BCUT2D eigenvalue weighted by atomic mass is 9.82. The van der Waals surface area contributed by atoms with Crippen molar-refractivity contribution < 1.29 is 38.1 Å². The second-order valence-corrected chi connectivity index (χ2v) is 9.16. The molecule has 0 saturated carbocycles. The van der Waals surface area contributed by atoms with Crippen LogP contribution in [0.1, 0.15) is 44.7 Å². The number of H-pyrrole nitrogens is 2. The van der Waals surface area contributed by atoms with Crippen molar-refractivity contribution in [3.8, 4) is 0 Å². The van der Waals surface area contributed by atoms with E-state index >= 15 is 0 Å². The van der Waals surface area contributed by atoms with Gasteiger partial charge < -0.3 is 28.9 Å². The van der Waals surface area contributed by atoms with E-state index in [0.717, 1.165) is 32.9 Å². The molecule has 2 aromatic heterocycles. The third kappa shape index (κ3) is 6.28. The van der Waals surface area contributed by atoms with Crippen LogP contribution in [0, 0.1) is 0 Å². The molecule has 10 heteroatoms. The van der Waals surface area contributed by atoms with Crippen molar-refractivity contribution in [1.29, 1.82) is 0 Å². The third-order valence-corrected chi connectivity index (χ3v) is 6.30. The summed E-state index contributed by atoms with van der Waals surface area (Å²) in [6.45, 7) is 4.41. The van der Waals surface area contributed by atoms with Crippen molar-refractivity contribution in [3.05, 3.63) is 72.1 Å². The van der Waals surface area contributed by atoms with Crippen molar-refractivity contribution in [2.75, 3.05) is 6.61 Å². The second kappa shape index (κ2) is 11.8. The molecule has 0 fully saturated rings. The zero-order valence-electron chi connectivity index (χ0n) is 22.1. The number of aromatic amines is 2. The molecule has 2 aromatic carbocycles. The van der Waals surface area contributed by atoms with Crippen molar-refractivity contribution in [2.45, 2.75) is 51.9 Å². The lowest BCUT2D eigenvalue weighted by Crippen LogP contribution is -2.50. The normalized spacial score (nSPS) is 13.6. The largest absolute Gasteiger partial charge is 0.462 e. The Morgan fingerprint density at radius 1 is 0.641 bits per heavy atom. The van der Waals surface area contributed by atoms with E-state index in [4.69, 9.17) is 18.9 Å². The van der Waals surface area contributed by atoms with Gasteiger partial charge in [0.05, 0.1) is 5.92 Å². The first kappa shape index (κ1) is 27.4. The van der Waals surface area contributed by atoms with Crippen molar-refractivity contribution in [1.82, 2.24) is 9.97 Å². The van der Waals surface area contributed by atoms with Crippen LogP contribution >= 0.6 is 0 Å². The zero-order chi connectivity index (χ0) is 28.1. The summed E-state index contributed by atoms with van der Waals surface area (Å²) < 4.78 is 22.3. The van der Waals surface area contributed by atoms with E-state index in [1.54, 1.807) is 0 Å². The molecule has 0 aliphatic rings. The van der Waals surface area contributed by atoms with Gasteiger partial charge in [0.25, 0.3) is 0 Å². The Hall–Kier alpha value is -4.60. The summed E-state index contributed by atoms with van der Waals surface area (Å²) in [6.07, 6.45) is -0.166. The number of carbonyl (C=O) groups is 4. The third-order valence-electron chi connectivity index (χ3n) is 6.30. The molecule has 0 bridgehead atoms. The van der Waals surface area contributed by atoms with E-state index in [-0.39, 0.29) is 0 Å². The summed E-state index contributed by atoms with van der Waals surface area (Å²) in [7, 11) is 0. The minimum Gasteiger partial charge on any atom is -0.462 e. The Bertz CT molecular complexity index is 1430. The van der Waals surface area contributed by atoms with Crippen LogP contribution in [-0.4, -0.2) is 58.8 Å². The van der Waals surface area contributed by atoms with Crippen LogP contribution in [0.3, 0.4) is 0 Å². The van der Waals surface area contributed by atoms with Crippen LogP contribution in [0.5, 0.6) is 0 Å². The average Bonchev–Trinajstić information content (AvgIpc) is 3.49. The highest BCUT2D eigenvalue weighted by atomic mass is 16.6. The van der Waals surface area contributed by atoms with E-state index in [1.165, 1.54) is 27.7 Å². The topological polar surface area (TPSA) is 137 Å². The standard InChI is InChI=1S/C29H30N2O8/c1-16(32)36-15-26(37-17(2)33)28(38-18(3)34)29(39-19(4)35)27(22-13-30-24-11-7-5-9-20(22)24)23-14-31-25-12-8-6-10-21(23)25/h5-14,26-31H,15H2,1-4H3/t26-,28-,29-/m1/s1. The lowest BCUT2D eigenvalue weighted by molar-refractivity contribution is -0.190. The fraction of sp³-hybridized carbons (Fsp3) is 0.310. The van der Waals surface area contributed by atoms with Crippen LogP contribution in [0.25, 0.3) is 21.8 Å². The number of para-hydroxylation sites is 2. The predicted octanol–water partition coefficient (Wildman–Crippen LogP) is 4.14. The molecular formula is C29H30N2O8. The molecule has 10 nitrogen and oxygen atoms in total. The van der Waals surface area contributed by atoms with Gasteiger partial charge in [-0.15, -0.1) is 0 Å². The maximum atomic E-state index is 12.6. The number of rotatable bonds is 10. The van der Waals surface area contributed by atoms with Gasteiger partial charge in [-0.3, -0.25) is 19.2 Å². The molecule has 39 heavy (non-hydrogen) atoms. The quantitative estimate of drug-likeness (QED) is 0.229. The van der Waals surface area contributed by atoms with E-state index in [0.29, 0.717) is 0 Å². The Balaban J connectivity index is 1.97. The molecule has 2 heterocycles. The number of hydrogen-bond donors (Lipinski definition) is 2. The van der Waals surface area contributed by atoms with Gasteiger partial charge in [-0.05, 0) is 23.3 Å². The smallest absolute Gasteiger partial charge is 0.303 e. The summed E-state index contributed by atoms with van der Waals surface area (Å²) >= 11 is 0. The van der Waals surface area contributed by atoms with E-state index in [2.05, 4.69) is 9.97 Å². The van der Waals surface area contributed by atoms with Crippen LogP contribution < -0.4 is 0 Å². The maximum absolute atomic E-state index is 12.6. The van der Waals surface area contributed by atoms with E-state index in [9.17, 15) is 19.2 Å². The van der Waals surface area contributed by atoms with Gasteiger partial charge in [-0.25, -0.2) is 0 Å². The summed E-state index contributed by atoms with van der Waals surface area (Å²) in [5.41, 5.74) is 3.21. The molecule has 0 spiro atoms. The first-order valence-corrected chi connectivity index (χ1v) is 12.4. The van der Waals surface area contributed by atoms with Gasteiger partial charge in [-0.1, -0.05) is 36.4 Å². The number of benzene rings is 2. The summed E-state index contributed by atoms with van der Waals surface area (Å²) in [6, 6.07) is 15.2. The molecule has 2 N–H and O–H groups in total. The summed E-state index contributed by atoms with van der Waals surface area (Å²) in [5, 5.41) is 1.71. The van der Waals surface area contributed by atoms with Crippen LogP contribution in [0.4, 0.5) is 0 Å². The Kier molecular flexibility index (Phi) is 8.33. The van der Waals surface area contributed by atoms with Crippen molar-refractivity contribution >= 4 is 45.7 Å². The highest BCUT2D eigenvalue weighted by Crippen LogP contribution is 2.40. The maximum Gasteiger partial charge on any atom is 0.303 e. The number of aromatic nitrogens is 2. The van der Waals surface area contributed by atoms with E-state index < -0.39 is 54.7 Å². The Morgan fingerprint density at radius 2 is 1.10 bits per heavy atom. The SMILES string of the molecule is CC(=O)OC[C@@H](OC(C)=O)[C@@H](OC(C)=O)[C@H](OC(C)=O)C(c1c[nH]c2ccccc12)c1c[nH]c2ccccc12. The molecule has 0 aliphatic carbocycles. The minimum atomic E-state index is -1.33.